The van der Waals surface area contributed by atoms with Crippen molar-refractivity contribution in [3.63, 3.8) is 0 Å². The first kappa shape index (κ1) is 11.5. The molecule has 1 unspecified atom stereocenters. The molecule has 1 fully saturated rings. The Bertz CT molecular complexity index is 178. The molecule has 14 heavy (non-hydrogen) atoms. The summed E-state index contributed by atoms with van der Waals surface area (Å²) in [5, 5.41) is 0. The van der Waals surface area contributed by atoms with Gasteiger partial charge in [0.2, 0.25) is 0 Å². The third-order valence-electron chi connectivity index (χ3n) is 2.47. The number of rotatable bonds is 7. The Morgan fingerprint density at radius 3 is 2.79 bits per heavy atom. The van der Waals surface area contributed by atoms with Crippen LogP contribution in [0, 0.1) is 0 Å². The molecule has 0 aliphatic carbocycles. The van der Waals surface area contributed by atoms with Crippen molar-refractivity contribution in [1.29, 1.82) is 0 Å². The van der Waals surface area contributed by atoms with Crippen LogP contribution in [0.15, 0.2) is 0 Å². The maximum Gasteiger partial charge on any atom is 0.307 e. The van der Waals surface area contributed by atoms with Gasteiger partial charge in [0.15, 0.2) is 0 Å². The number of carbonyl (C=O) groups excluding carboxylic acids is 1. The van der Waals surface area contributed by atoms with Crippen LogP contribution in [0.25, 0.3) is 0 Å². The molecular formula is C11H21NO2. The Kier molecular flexibility index (Phi) is 4.94. The number of unbranched alkanes of at least 4 members (excludes halogenated alkanes) is 1. The molecule has 0 amide bonds. The zero-order valence-electron chi connectivity index (χ0n) is 9.29. The molecule has 0 aromatic carbocycles. The Hall–Kier alpha value is -0.570. The van der Waals surface area contributed by atoms with Gasteiger partial charge in [-0.1, -0.05) is 19.8 Å². The van der Waals surface area contributed by atoms with E-state index in [4.69, 9.17) is 4.74 Å². The molecule has 0 N–H and O–H groups in total. The van der Waals surface area contributed by atoms with E-state index in [9.17, 15) is 4.79 Å². The summed E-state index contributed by atoms with van der Waals surface area (Å²) in [5.41, 5.74) is 0. The first-order chi connectivity index (χ1) is 6.72. The third kappa shape index (κ3) is 5.22. The maximum absolute atomic E-state index is 11.3. The molecule has 0 bridgehead atoms. The van der Waals surface area contributed by atoms with Crippen LogP contribution in [0.1, 0.15) is 39.5 Å². The summed E-state index contributed by atoms with van der Waals surface area (Å²) in [4.78, 5) is 13.5. The number of carbonyl (C=O) groups is 1. The highest BCUT2D eigenvalue weighted by atomic mass is 16.5. The zero-order valence-corrected chi connectivity index (χ0v) is 9.29. The van der Waals surface area contributed by atoms with Crippen molar-refractivity contribution in [1.82, 2.24) is 4.90 Å². The van der Waals surface area contributed by atoms with Crippen LogP contribution in [-0.4, -0.2) is 36.6 Å². The highest BCUT2D eigenvalue weighted by Gasteiger charge is 2.18. The summed E-state index contributed by atoms with van der Waals surface area (Å²) >= 11 is 0. The lowest BCUT2D eigenvalue weighted by Crippen LogP contribution is -2.17. The van der Waals surface area contributed by atoms with Crippen molar-refractivity contribution in [2.45, 2.75) is 45.6 Å². The highest BCUT2D eigenvalue weighted by Crippen LogP contribution is 2.08. The van der Waals surface area contributed by atoms with Crippen molar-refractivity contribution < 1.29 is 9.53 Å². The monoisotopic (exact) mass is 199 g/mol. The summed E-state index contributed by atoms with van der Waals surface area (Å²) in [6, 6.07) is 0. The van der Waals surface area contributed by atoms with Crippen LogP contribution < -0.4 is 0 Å². The largest absolute Gasteiger partial charge is 0.463 e. The van der Waals surface area contributed by atoms with Gasteiger partial charge in [0, 0.05) is 19.6 Å². The topological polar surface area (TPSA) is 29.3 Å². The summed E-state index contributed by atoms with van der Waals surface area (Å²) in [6.07, 6.45) is 3.94. The fourth-order valence-corrected chi connectivity index (χ4v) is 1.38. The van der Waals surface area contributed by atoms with Crippen LogP contribution in [0.4, 0.5) is 0 Å². The van der Waals surface area contributed by atoms with Gasteiger partial charge in [-0.25, -0.2) is 0 Å². The third-order valence-corrected chi connectivity index (χ3v) is 2.47. The molecule has 0 saturated carbocycles. The molecule has 1 heterocycles. The second kappa shape index (κ2) is 6.02. The van der Waals surface area contributed by atoms with Crippen molar-refractivity contribution in [3.05, 3.63) is 0 Å². The Morgan fingerprint density at radius 2 is 2.21 bits per heavy atom. The number of ether oxygens (including phenoxy) is 1. The van der Waals surface area contributed by atoms with Crippen molar-refractivity contribution in [2.24, 2.45) is 0 Å². The number of esters is 1. The minimum absolute atomic E-state index is 0.0412. The molecular weight excluding hydrogens is 178 g/mol. The molecule has 1 aliphatic rings. The molecule has 0 aromatic rings. The van der Waals surface area contributed by atoms with Gasteiger partial charge in [-0.05, 0) is 13.3 Å². The lowest BCUT2D eigenvalue weighted by atomic mass is 10.2. The summed E-state index contributed by atoms with van der Waals surface area (Å²) in [5.74, 6) is -0.0412. The lowest BCUT2D eigenvalue weighted by molar-refractivity contribution is -0.148. The highest BCUT2D eigenvalue weighted by molar-refractivity contribution is 5.69. The van der Waals surface area contributed by atoms with E-state index in [-0.39, 0.29) is 12.1 Å². The van der Waals surface area contributed by atoms with Crippen LogP contribution in [0.3, 0.4) is 0 Å². The van der Waals surface area contributed by atoms with Crippen LogP contribution >= 0.6 is 0 Å². The van der Waals surface area contributed by atoms with Crippen LogP contribution in [0.5, 0.6) is 0 Å². The molecule has 0 radical (unpaired) electrons. The van der Waals surface area contributed by atoms with Gasteiger partial charge in [0.05, 0.1) is 12.5 Å². The van der Waals surface area contributed by atoms with Crippen LogP contribution in [-0.2, 0) is 9.53 Å². The Morgan fingerprint density at radius 1 is 1.50 bits per heavy atom. The predicted molar refractivity (Wildman–Crippen MR) is 56.1 cm³/mol. The maximum atomic E-state index is 11.3. The fourth-order valence-electron chi connectivity index (χ4n) is 1.38. The fraction of sp³-hybridized carbons (Fsp3) is 0.909. The van der Waals surface area contributed by atoms with Crippen LogP contribution in [0.2, 0.25) is 0 Å². The van der Waals surface area contributed by atoms with E-state index in [1.807, 2.05) is 6.92 Å². The van der Waals surface area contributed by atoms with Gasteiger partial charge >= 0.3 is 5.97 Å². The zero-order chi connectivity index (χ0) is 10.4. The molecule has 1 aliphatic heterocycles. The van der Waals surface area contributed by atoms with E-state index < -0.39 is 0 Å². The number of nitrogens with zero attached hydrogens (tertiary/aromatic N) is 1. The molecule has 0 spiro atoms. The van der Waals surface area contributed by atoms with Gasteiger partial charge in [-0.15, -0.1) is 0 Å². The predicted octanol–water partition coefficient (Wildman–Crippen LogP) is 1.81. The van der Waals surface area contributed by atoms with E-state index in [2.05, 4.69) is 11.8 Å². The SMILES string of the molecule is CCCCC(C)OC(=O)CCN1CC1. The van der Waals surface area contributed by atoms with Gasteiger partial charge in [-0.2, -0.15) is 0 Å². The normalized spacial score (nSPS) is 17.9. The van der Waals surface area contributed by atoms with E-state index in [1.165, 1.54) is 0 Å². The van der Waals surface area contributed by atoms with Crippen molar-refractivity contribution in [3.8, 4) is 0 Å². The van der Waals surface area contributed by atoms with Gasteiger partial charge in [-0.3, -0.25) is 4.79 Å². The molecule has 3 heteroatoms. The standard InChI is InChI=1S/C11H21NO2/c1-3-4-5-10(2)14-11(13)6-7-12-8-9-12/h10H,3-9H2,1-2H3. The first-order valence-electron chi connectivity index (χ1n) is 5.64. The Labute approximate surface area is 86.4 Å². The summed E-state index contributed by atoms with van der Waals surface area (Å²) in [6.45, 7) is 7.30. The average molecular weight is 199 g/mol. The smallest absolute Gasteiger partial charge is 0.307 e. The second-order valence-corrected chi connectivity index (χ2v) is 4.03. The van der Waals surface area contributed by atoms with Gasteiger partial charge in [0.25, 0.3) is 0 Å². The lowest BCUT2D eigenvalue weighted by Gasteiger charge is -2.12. The Balaban J connectivity index is 1.99. The number of hydrogen-bond donors (Lipinski definition) is 0. The minimum Gasteiger partial charge on any atom is -0.463 e. The molecule has 1 saturated heterocycles. The van der Waals surface area contributed by atoms with E-state index in [0.717, 1.165) is 38.9 Å². The van der Waals surface area contributed by atoms with E-state index >= 15 is 0 Å². The quantitative estimate of drug-likeness (QED) is 0.462. The average Bonchev–Trinajstić information content (AvgIpc) is 2.95. The molecule has 1 atom stereocenters. The first-order valence-corrected chi connectivity index (χ1v) is 5.64. The number of hydrogen-bond acceptors (Lipinski definition) is 3. The van der Waals surface area contributed by atoms with E-state index in [0.29, 0.717) is 6.42 Å². The molecule has 82 valence electrons. The summed E-state index contributed by atoms with van der Waals surface area (Å²) < 4.78 is 5.26. The molecule has 1 rings (SSSR count). The second-order valence-electron chi connectivity index (χ2n) is 4.03. The summed E-state index contributed by atoms with van der Waals surface area (Å²) in [7, 11) is 0. The van der Waals surface area contributed by atoms with Gasteiger partial charge < -0.3 is 9.64 Å². The van der Waals surface area contributed by atoms with Crippen molar-refractivity contribution in [2.75, 3.05) is 19.6 Å². The molecule has 0 aromatic heterocycles. The van der Waals surface area contributed by atoms with Crippen molar-refractivity contribution >= 4 is 5.97 Å². The van der Waals surface area contributed by atoms with E-state index in [1.54, 1.807) is 0 Å². The minimum atomic E-state index is -0.0412. The van der Waals surface area contributed by atoms with Gasteiger partial charge in [0.1, 0.15) is 0 Å². The molecule has 3 nitrogen and oxygen atoms in total.